The number of hydrogen-bond acceptors (Lipinski definition) is 2. The molecule has 3 rings (SSSR count). The summed E-state index contributed by atoms with van der Waals surface area (Å²) in [7, 11) is 0. The van der Waals surface area contributed by atoms with Crippen LogP contribution >= 0.6 is 0 Å². The Morgan fingerprint density at radius 3 is 2.76 bits per heavy atom. The molecule has 114 valence electrons. The number of nitrogens with two attached hydrogens (primary N) is 1. The molecule has 4 heteroatoms. The van der Waals surface area contributed by atoms with Crippen LogP contribution < -0.4 is 5.73 Å². The van der Waals surface area contributed by atoms with Gasteiger partial charge in [0.1, 0.15) is 11.6 Å². The summed E-state index contributed by atoms with van der Waals surface area (Å²) in [6.07, 6.45) is 5.79. The lowest BCUT2D eigenvalue weighted by Crippen LogP contribution is -2.29. The fourth-order valence-electron chi connectivity index (χ4n) is 3.55. The van der Waals surface area contributed by atoms with Gasteiger partial charge in [-0.25, -0.2) is 9.37 Å². The van der Waals surface area contributed by atoms with Crippen LogP contribution in [-0.4, -0.2) is 15.6 Å². The number of fused-ring (bicyclic) bond motifs is 1. The topological polar surface area (TPSA) is 43.8 Å². The van der Waals surface area contributed by atoms with E-state index in [2.05, 4.69) is 18.4 Å². The summed E-state index contributed by atoms with van der Waals surface area (Å²) in [5.41, 5.74) is 8.16. The van der Waals surface area contributed by atoms with Crippen LogP contribution in [0.5, 0.6) is 0 Å². The van der Waals surface area contributed by atoms with E-state index in [0.29, 0.717) is 6.04 Å². The molecule has 1 aliphatic carbocycles. The molecule has 0 radical (unpaired) electrons. The van der Waals surface area contributed by atoms with Crippen LogP contribution in [0.3, 0.4) is 0 Å². The van der Waals surface area contributed by atoms with Crippen LogP contribution in [0, 0.1) is 5.82 Å². The number of rotatable bonds is 2. The van der Waals surface area contributed by atoms with Crippen molar-refractivity contribution in [3.63, 3.8) is 0 Å². The van der Waals surface area contributed by atoms with Crippen LogP contribution in [0.1, 0.15) is 63.7 Å². The predicted octanol–water partition coefficient (Wildman–Crippen LogP) is 4.13. The Balaban J connectivity index is 2.13. The highest BCUT2D eigenvalue weighted by molar-refractivity contribution is 5.76. The van der Waals surface area contributed by atoms with Gasteiger partial charge in [0.15, 0.2) is 0 Å². The number of halogens is 1. The summed E-state index contributed by atoms with van der Waals surface area (Å²) in [6.45, 7) is 4.30. The van der Waals surface area contributed by atoms with Gasteiger partial charge in [-0.2, -0.15) is 0 Å². The Morgan fingerprint density at radius 2 is 2.00 bits per heavy atom. The van der Waals surface area contributed by atoms with Gasteiger partial charge >= 0.3 is 0 Å². The van der Waals surface area contributed by atoms with E-state index in [0.717, 1.165) is 29.7 Å². The molecule has 2 aromatic rings. The molecule has 3 nitrogen and oxygen atoms in total. The maximum Gasteiger partial charge on any atom is 0.125 e. The average Bonchev–Trinajstić information content (AvgIpc) is 2.66. The number of benzene rings is 1. The predicted molar refractivity (Wildman–Crippen MR) is 83.9 cm³/mol. The smallest absolute Gasteiger partial charge is 0.125 e. The van der Waals surface area contributed by atoms with Crippen molar-refractivity contribution in [1.82, 2.24) is 9.55 Å². The number of hydrogen-bond donors (Lipinski definition) is 1. The van der Waals surface area contributed by atoms with Crippen LogP contribution in [-0.2, 0) is 0 Å². The Hall–Kier alpha value is -1.42. The lowest BCUT2D eigenvalue weighted by atomic mass is 9.94. The summed E-state index contributed by atoms with van der Waals surface area (Å²) in [5, 5.41) is 0. The van der Waals surface area contributed by atoms with Gasteiger partial charge < -0.3 is 10.3 Å². The maximum absolute atomic E-state index is 13.5. The summed E-state index contributed by atoms with van der Waals surface area (Å²) < 4.78 is 15.7. The molecule has 1 aliphatic rings. The monoisotopic (exact) mass is 289 g/mol. The zero-order valence-electron chi connectivity index (χ0n) is 12.8. The van der Waals surface area contributed by atoms with E-state index in [1.54, 1.807) is 0 Å². The standard InChI is InChI=1S/C17H24FN3/c1-11(2)21-16-9-8-12(18)10-15(16)20-17(21)13-6-4-3-5-7-14(13)19/h8-11,13-14H,3-7,19H2,1-2H3. The Bertz CT molecular complexity index is 632. The van der Waals surface area contributed by atoms with Crippen molar-refractivity contribution in [2.24, 2.45) is 5.73 Å². The molecule has 2 atom stereocenters. The van der Waals surface area contributed by atoms with Crippen molar-refractivity contribution in [1.29, 1.82) is 0 Å². The lowest BCUT2D eigenvalue weighted by Gasteiger charge is -2.24. The first kappa shape index (κ1) is 14.5. The van der Waals surface area contributed by atoms with Crippen LogP contribution in [0.4, 0.5) is 4.39 Å². The summed E-state index contributed by atoms with van der Waals surface area (Å²) in [5.74, 6) is 1.10. The zero-order chi connectivity index (χ0) is 15.0. The van der Waals surface area contributed by atoms with E-state index in [-0.39, 0.29) is 17.8 Å². The van der Waals surface area contributed by atoms with Crippen LogP contribution in [0.25, 0.3) is 11.0 Å². The van der Waals surface area contributed by atoms with Crippen molar-refractivity contribution in [3.05, 3.63) is 29.8 Å². The Labute approximate surface area is 125 Å². The minimum absolute atomic E-state index is 0.159. The summed E-state index contributed by atoms with van der Waals surface area (Å²) >= 11 is 0. The minimum atomic E-state index is -0.229. The first-order chi connectivity index (χ1) is 10.1. The second kappa shape index (κ2) is 5.76. The van der Waals surface area contributed by atoms with Gasteiger partial charge in [0.2, 0.25) is 0 Å². The maximum atomic E-state index is 13.5. The molecule has 21 heavy (non-hydrogen) atoms. The molecule has 2 N–H and O–H groups in total. The molecule has 1 aromatic heterocycles. The normalized spacial score (nSPS) is 23.7. The first-order valence-electron chi connectivity index (χ1n) is 8.01. The van der Waals surface area contributed by atoms with Crippen LogP contribution in [0.15, 0.2) is 18.2 Å². The van der Waals surface area contributed by atoms with Crippen molar-refractivity contribution >= 4 is 11.0 Å². The van der Waals surface area contributed by atoms with E-state index < -0.39 is 0 Å². The van der Waals surface area contributed by atoms with Gasteiger partial charge in [-0.15, -0.1) is 0 Å². The minimum Gasteiger partial charge on any atom is -0.327 e. The fourth-order valence-corrected chi connectivity index (χ4v) is 3.55. The highest BCUT2D eigenvalue weighted by Gasteiger charge is 2.28. The first-order valence-corrected chi connectivity index (χ1v) is 8.01. The number of aromatic nitrogens is 2. The van der Waals surface area contributed by atoms with Crippen molar-refractivity contribution in [2.45, 2.75) is 64.0 Å². The molecule has 0 saturated heterocycles. The highest BCUT2D eigenvalue weighted by Crippen LogP contribution is 2.34. The zero-order valence-corrected chi connectivity index (χ0v) is 12.8. The molecule has 1 saturated carbocycles. The third kappa shape index (κ3) is 2.69. The van der Waals surface area contributed by atoms with Gasteiger partial charge in [0.05, 0.1) is 11.0 Å². The molecule has 0 aliphatic heterocycles. The second-order valence-electron chi connectivity index (χ2n) is 6.48. The Morgan fingerprint density at radius 1 is 1.24 bits per heavy atom. The number of imidazole rings is 1. The summed E-state index contributed by atoms with van der Waals surface area (Å²) in [4.78, 5) is 4.75. The molecule has 1 fully saturated rings. The summed E-state index contributed by atoms with van der Waals surface area (Å²) in [6, 6.07) is 5.33. The second-order valence-corrected chi connectivity index (χ2v) is 6.48. The quantitative estimate of drug-likeness (QED) is 0.845. The molecule has 2 unspecified atom stereocenters. The molecular weight excluding hydrogens is 265 g/mol. The van der Waals surface area contributed by atoms with E-state index in [9.17, 15) is 4.39 Å². The van der Waals surface area contributed by atoms with Gasteiger partial charge in [0, 0.05) is 24.1 Å². The molecular formula is C17H24FN3. The van der Waals surface area contributed by atoms with Crippen molar-refractivity contribution in [2.75, 3.05) is 0 Å². The molecule has 1 aromatic carbocycles. The van der Waals surface area contributed by atoms with Gasteiger partial charge in [-0.05, 0) is 38.8 Å². The largest absolute Gasteiger partial charge is 0.327 e. The van der Waals surface area contributed by atoms with E-state index in [4.69, 9.17) is 10.7 Å². The Kier molecular flexibility index (Phi) is 3.98. The molecule has 0 bridgehead atoms. The average molecular weight is 289 g/mol. The molecule has 0 amide bonds. The van der Waals surface area contributed by atoms with Crippen molar-refractivity contribution in [3.8, 4) is 0 Å². The van der Waals surface area contributed by atoms with Gasteiger partial charge in [-0.1, -0.05) is 19.3 Å². The van der Waals surface area contributed by atoms with Gasteiger partial charge in [-0.3, -0.25) is 0 Å². The highest BCUT2D eigenvalue weighted by atomic mass is 19.1. The van der Waals surface area contributed by atoms with Crippen LogP contribution in [0.2, 0.25) is 0 Å². The third-order valence-electron chi connectivity index (χ3n) is 4.60. The van der Waals surface area contributed by atoms with E-state index in [1.807, 2.05) is 6.07 Å². The van der Waals surface area contributed by atoms with E-state index >= 15 is 0 Å². The molecule has 1 heterocycles. The fraction of sp³-hybridized carbons (Fsp3) is 0.588. The van der Waals surface area contributed by atoms with Crippen molar-refractivity contribution < 1.29 is 4.39 Å². The van der Waals surface area contributed by atoms with Gasteiger partial charge in [0.25, 0.3) is 0 Å². The lowest BCUT2D eigenvalue weighted by molar-refractivity contribution is 0.450. The SMILES string of the molecule is CC(C)n1c(C2CCCCCC2N)nc2cc(F)ccc21. The number of nitrogens with zero attached hydrogens (tertiary/aromatic N) is 2. The van der Waals surface area contributed by atoms with E-state index in [1.165, 1.54) is 31.4 Å². The molecule has 0 spiro atoms. The third-order valence-corrected chi connectivity index (χ3v) is 4.60.